The second-order valence-corrected chi connectivity index (χ2v) is 5.75. The summed E-state index contributed by atoms with van der Waals surface area (Å²) in [5, 5.41) is 12.2. The van der Waals surface area contributed by atoms with Gasteiger partial charge in [-0.3, -0.25) is 9.69 Å². The number of carbonyl (C=O) groups is 1. The maximum atomic E-state index is 10.9. The lowest BCUT2D eigenvalue weighted by Crippen LogP contribution is -2.40. The van der Waals surface area contributed by atoms with E-state index in [1.54, 1.807) is 11.3 Å². The summed E-state index contributed by atoms with van der Waals surface area (Å²) < 4.78 is 0. The molecule has 2 heterocycles. The van der Waals surface area contributed by atoms with Crippen molar-refractivity contribution < 1.29 is 9.90 Å². The maximum absolute atomic E-state index is 10.9. The molecule has 1 aliphatic heterocycles. The molecule has 4 nitrogen and oxygen atoms in total. The molecule has 1 N–H and O–H groups in total. The third-order valence-electron chi connectivity index (χ3n) is 3.43. The van der Waals surface area contributed by atoms with Crippen LogP contribution in [0.1, 0.15) is 43.3 Å². The summed E-state index contributed by atoms with van der Waals surface area (Å²) >= 11 is 1.70. The molecule has 100 valence electrons. The van der Waals surface area contributed by atoms with Crippen molar-refractivity contribution in [3.63, 3.8) is 0 Å². The summed E-state index contributed by atoms with van der Waals surface area (Å²) in [6.07, 6.45) is 4.54. The van der Waals surface area contributed by atoms with Crippen molar-refractivity contribution in [3.05, 3.63) is 16.1 Å². The Balaban J connectivity index is 1.98. The first-order chi connectivity index (χ1) is 8.69. The average Bonchev–Trinajstić information content (AvgIpc) is 2.79. The van der Waals surface area contributed by atoms with Gasteiger partial charge in [-0.25, -0.2) is 4.98 Å². The molecule has 0 amide bonds. The van der Waals surface area contributed by atoms with E-state index in [1.165, 1.54) is 6.42 Å². The van der Waals surface area contributed by atoms with E-state index in [0.29, 0.717) is 0 Å². The van der Waals surface area contributed by atoms with Gasteiger partial charge in [-0.05, 0) is 25.8 Å². The van der Waals surface area contributed by atoms with Crippen molar-refractivity contribution in [1.82, 2.24) is 9.88 Å². The van der Waals surface area contributed by atoms with E-state index in [2.05, 4.69) is 22.2 Å². The van der Waals surface area contributed by atoms with Gasteiger partial charge in [0.1, 0.15) is 0 Å². The quantitative estimate of drug-likeness (QED) is 0.891. The summed E-state index contributed by atoms with van der Waals surface area (Å²) in [6, 6.07) is 0.183. The molecule has 0 bridgehead atoms. The highest BCUT2D eigenvalue weighted by Crippen LogP contribution is 2.22. The van der Waals surface area contributed by atoms with Crippen LogP contribution in [0.25, 0.3) is 0 Å². The number of carboxylic acid groups (broad SMARTS) is 1. The van der Waals surface area contributed by atoms with Gasteiger partial charge in [0.05, 0.1) is 17.1 Å². The van der Waals surface area contributed by atoms with Gasteiger partial charge in [-0.15, -0.1) is 11.3 Å². The Morgan fingerprint density at radius 2 is 2.44 bits per heavy atom. The fraction of sp³-hybridized carbons (Fsp3) is 0.692. The zero-order chi connectivity index (χ0) is 13.0. The van der Waals surface area contributed by atoms with Crippen LogP contribution in [0.3, 0.4) is 0 Å². The molecule has 0 radical (unpaired) electrons. The highest BCUT2D eigenvalue weighted by Gasteiger charge is 2.25. The Morgan fingerprint density at radius 3 is 3.11 bits per heavy atom. The number of hydrogen-bond donors (Lipinski definition) is 1. The second kappa shape index (κ2) is 6.29. The van der Waals surface area contributed by atoms with Gasteiger partial charge in [-0.2, -0.15) is 0 Å². The van der Waals surface area contributed by atoms with Gasteiger partial charge < -0.3 is 5.11 Å². The number of thiazole rings is 1. The van der Waals surface area contributed by atoms with Crippen molar-refractivity contribution in [2.24, 2.45) is 0 Å². The van der Waals surface area contributed by atoms with Crippen molar-refractivity contribution in [2.45, 2.75) is 51.6 Å². The van der Waals surface area contributed by atoms with Crippen LogP contribution in [0.2, 0.25) is 0 Å². The molecule has 0 aromatic carbocycles. The molecular formula is C13H20N2O2S. The Labute approximate surface area is 112 Å². The van der Waals surface area contributed by atoms with Gasteiger partial charge in [-0.1, -0.05) is 13.3 Å². The van der Waals surface area contributed by atoms with Gasteiger partial charge >= 0.3 is 5.97 Å². The van der Waals surface area contributed by atoms with Crippen LogP contribution >= 0.6 is 11.3 Å². The van der Waals surface area contributed by atoms with Gasteiger partial charge in [0.25, 0.3) is 0 Å². The third kappa shape index (κ3) is 3.53. The number of carboxylic acids is 1. The predicted molar refractivity (Wildman–Crippen MR) is 71.8 cm³/mol. The first kappa shape index (κ1) is 13.5. The Hall–Kier alpha value is -0.940. The molecule has 5 heteroatoms. The van der Waals surface area contributed by atoms with Crippen LogP contribution in [-0.2, 0) is 17.8 Å². The topological polar surface area (TPSA) is 53.4 Å². The molecular weight excluding hydrogens is 248 g/mol. The molecule has 1 aliphatic rings. The average molecular weight is 268 g/mol. The first-order valence-corrected chi connectivity index (χ1v) is 7.46. The minimum atomic E-state index is -0.695. The van der Waals surface area contributed by atoms with E-state index in [9.17, 15) is 4.79 Å². The highest BCUT2D eigenvalue weighted by molar-refractivity contribution is 7.09. The largest absolute Gasteiger partial charge is 0.481 e. The van der Waals surface area contributed by atoms with E-state index in [0.717, 1.165) is 43.1 Å². The van der Waals surface area contributed by atoms with Crippen molar-refractivity contribution in [3.8, 4) is 0 Å². The molecule has 18 heavy (non-hydrogen) atoms. The highest BCUT2D eigenvalue weighted by atomic mass is 32.1. The SMILES string of the molecule is CCc1nc(CN2CCCCC2CC(=O)O)cs1. The predicted octanol–water partition coefficient (Wildman–Crippen LogP) is 2.53. The number of aliphatic carboxylic acids is 1. The minimum Gasteiger partial charge on any atom is -0.481 e. The lowest BCUT2D eigenvalue weighted by Gasteiger charge is -2.34. The molecule has 1 aromatic heterocycles. The van der Waals surface area contributed by atoms with Crippen LogP contribution in [-0.4, -0.2) is 33.5 Å². The van der Waals surface area contributed by atoms with E-state index in [-0.39, 0.29) is 12.5 Å². The molecule has 2 rings (SSSR count). The lowest BCUT2D eigenvalue weighted by molar-refractivity contribution is -0.138. The number of piperidine rings is 1. The van der Waals surface area contributed by atoms with Gasteiger partial charge in [0, 0.05) is 18.0 Å². The fourth-order valence-corrected chi connectivity index (χ4v) is 3.23. The molecule has 0 spiro atoms. The van der Waals surface area contributed by atoms with Crippen LogP contribution in [0.15, 0.2) is 5.38 Å². The smallest absolute Gasteiger partial charge is 0.304 e. The molecule has 1 fully saturated rings. The fourth-order valence-electron chi connectivity index (χ4n) is 2.49. The van der Waals surface area contributed by atoms with Crippen LogP contribution in [0.5, 0.6) is 0 Å². The molecule has 1 aromatic rings. The molecule has 1 atom stereocenters. The van der Waals surface area contributed by atoms with Crippen molar-refractivity contribution in [2.75, 3.05) is 6.54 Å². The third-order valence-corrected chi connectivity index (χ3v) is 4.47. The summed E-state index contributed by atoms with van der Waals surface area (Å²) in [5.41, 5.74) is 1.09. The summed E-state index contributed by atoms with van der Waals surface area (Å²) in [7, 11) is 0. The van der Waals surface area contributed by atoms with Crippen molar-refractivity contribution in [1.29, 1.82) is 0 Å². The number of hydrogen-bond acceptors (Lipinski definition) is 4. The first-order valence-electron chi connectivity index (χ1n) is 6.58. The van der Waals surface area contributed by atoms with Crippen LogP contribution in [0, 0.1) is 0 Å². The zero-order valence-corrected chi connectivity index (χ0v) is 11.6. The minimum absolute atomic E-state index is 0.183. The number of likely N-dealkylation sites (tertiary alicyclic amines) is 1. The van der Waals surface area contributed by atoms with Gasteiger partial charge in [0.2, 0.25) is 0 Å². The Bertz CT molecular complexity index is 405. The summed E-state index contributed by atoms with van der Waals surface area (Å²) in [5.74, 6) is -0.695. The molecule has 0 aliphatic carbocycles. The standard InChI is InChI=1S/C13H20N2O2S/c1-2-12-14-10(9-18-12)8-15-6-4-3-5-11(15)7-13(16)17/h9,11H,2-8H2,1H3,(H,16,17). The summed E-state index contributed by atoms with van der Waals surface area (Å²) in [6.45, 7) is 3.90. The van der Waals surface area contributed by atoms with E-state index >= 15 is 0 Å². The van der Waals surface area contributed by atoms with Crippen LogP contribution < -0.4 is 0 Å². The molecule has 1 saturated heterocycles. The second-order valence-electron chi connectivity index (χ2n) is 4.80. The zero-order valence-electron chi connectivity index (χ0n) is 10.8. The number of aryl methyl sites for hydroxylation is 1. The van der Waals surface area contributed by atoms with E-state index in [4.69, 9.17) is 5.11 Å². The monoisotopic (exact) mass is 268 g/mol. The number of nitrogens with zero attached hydrogens (tertiary/aromatic N) is 2. The maximum Gasteiger partial charge on any atom is 0.304 e. The molecule has 0 saturated carbocycles. The van der Waals surface area contributed by atoms with E-state index in [1.807, 2.05) is 0 Å². The Kier molecular flexibility index (Phi) is 4.72. The number of aromatic nitrogens is 1. The number of rotatable bonds is 5. The van der Waals surface area contributed by atoms with E-state index < -0.39 is 5.97 Å². The van der Waals surface area contributed by atoms with Crippen molar-refractivity contribution >= 4 is 17.3 Å². The van der Waals surface area contributed by atoms with Crippen LogP contribution in [0.4, 0.5) is 0 Å². The molecule has 1 unspecified atom stereocenters. The normalized spacial score (nSPS) is 21.1. The summed E-state index contributed by atoms with van der Waals surface area (Å²) in [4.78, 5) is 17.7. The lowest BCUT2D eigenvalue weighted by atomic mass is 9.99. The van der Waals surface area contributed by atoms with Gasteiger partial charge in [0.15, 0.2) is 0 Å². The Morgan fingerprint density at radius 1 is 1.61 bits per heavy atom.